The maximum absolute atomic E-state index is 12.5. The maximum atomic E-state index is 12.5. The van der Waals surface area contributed by atoms with E-state index in [2.05, 4.69) is 27.3 Å². The largest absolute Gasteiger partial charge is 0.496 e. The molecule has 0 saturated carbocycles. The predicted octanol–water partition coefficient (Wildman–Crippen LogP) is 3.79. The van der Waals surface area contributed by atoms with E-state index in [0.29, 0.717) is 17.8 Å². The molecule has 1 atom stereocenters. The third kappa shape index (κ3) is 5.05. The Balaban J connectivity index is 2.06. The van der Waals surface area contributed by atoms with Crippen molar-refractivity contribution in [3.8, 4) is 11.8 Å². The number of amides is 1. The van der Waals surface area contributed by atoms with E-state index in [1.807, 2.05) is 37.1 Å². The van der Waals surface area contributed by atoms with Gasteiger partial charge in [-0.3, -0.25) is 9.69 Å². The monoisotopic (exact) mass is 401 g/mol. The first-order valence-electron chi connectivity index (χ1n) is 7.78. The molecule has 1 N–H and O–H groups in total. The minimum absolute atomic E-state index is 0.133. The molecule has 0 aliphatic rings. The van der Waals surface area contributed by atoms with E-state index in [0.717, 1.165) is 15.8 Å². The molecule has 2 rings (SSSR count). The second-order valence-electron chi connectivity index (χ2n) is 5.73. The van der Waals surface area contributed by atoms with Gasteiger partial charge < -0.3 is 10.1 Å². The molecule has 1 amide bonds. The highest BCUT2D eigenvalue weighted by molar-refractivity contribution is 9.10. The maximum Gasteiger partial charge on any atom is 0.241 e. The number of hydrogen-bond donors (Lipinski definition) is 1. The zero-order chi connectivity index (χ0) is 18.4. The van der Waals surface area contributed by atoms with Crippen LogP contribution < -0.4 is 10.1 Å². The van der Waals surface area contributed by atoms with Crippen molar-refractivity contribution in [2.24, 2.45) is 0 Å². The molecule has 0 aliphatic heterocycles. The lowest BCUT2D eigenvalue weighted by atomic mass is 10.1. The van der Waals surface area contributed by atoms with Crippen LogP contribution in [-0.4, -0.2) is 31.0 Å². The second kappa shape index (κ2) is 8.65. The number of halogens is 1. The van der Waals surface area contributed by atoms with Crippen molar-refractivity contribution in [1.82, 2.24) is 4.90 Å². The molecule has 1 unspecified atom stereocenters. The molecular weight excluding hydrogens is 382 g/mol. The number of carbonyl (C=O) groups is 1. The van der Waals surface area contributed by atoms with Crippen LogP contribution in [0.2, 0.25) is 0 Å². The lowest BCUT2D eigenvalue weighted by Crippen LogP contribution is -2.39. The van der Waals surface area contributed by atoms with Crippen molar-refractivity contribution in [2.75, 3.05) is 19.5 Å². The number of nitrogens with one attached hydrogen (secondary N) is 1. The third-order valence-corrected chi connectivity index (χ3v) is 4.46. The van der Waals surface area contributed by atoms with Crippen LogP contribution >= 0.6 is 15.9 Å². The molecule has 5 nitrogen and oxygen atoms in total. The SMILES string of the molecule is COc1ccc(Br)cc1CN(C)C(C)C(=O)Nc1cccc(C#N)c1. The van der Waals surface area contributed by atoms with Gasteiger partial charge in [0, 0.05) is 22.3 Å². The van der Waals surface area contributed by atoms with Crippen LogP contribution in [-0.2, 0) is 11.3 Å². The van der Waals surface area contributed by atoms with E-state index in [1.165, 1.54) is 0 Å². The van der Waals surface area contributed by atoms with Crippen molar-refractivity contribution in [3.05, 3.63) is 58.1 Å². The number of likely N-dealkylation sites (N-methyl/N-ethyl adjacent to an activating group) is 1. The number of hydrogen-bond acceptors (Lipinski definition) is 4. The van der Waals surface area contributed by atoms with E-state index in [4.69, 9.17) is 10.00 Å². The van der Waals surface area contributed by atoms with Crippen LogP contribution in [0.25, 0.3) is 0 Å². The molecule has 0 heterocycles. The Labute approximate surface area is 156 Å². The van der Waals surface area contributed by atoms with Crippen molar-refractivity contribution in [2.45, 2.75) is 19.5 Å². The average Bonchev–Trinajstić information content (AvgIpc) is 2.61. The lowest BCUT2D eigenvalue weighted by molar-refractivity contribution is -0.120. The highest BCUT2D eigenvalue weighted by Gasteiger charge is 2.19. The first-order chi connectivity index (χ1) is 11.9. The fourth-order valence-corrected chi connectivity index (χ4v) is 2.80. The van der Waals surface area contributed by atoms with Gasteiger partial charge in [0.2, 0.25) is 5.91 Å². The topological polar surface area (TPSA) is 65.4 Å². The molecule has 0 radical (unpaired) electrons. The molecule has 0 spiro atoms. The fraction of sp³-hybridized carbons (Fsp3) is 0.263. The molecule has 2 aromatic rings. The van der Waals surface area contributed by atoms with Gasteiger partial charge in [0.15, 0.2) is 0 Å². The highest BCUT2D eigenvalue weighted by Crippen LogP contribution is 2.24. The van der Waals surface area contributed by atoms with Crippen LogP contribution in [0.5, 0.6) is 5.75 Å². The van der Waals surface area contributed by atoms with Crippen LogP contribution in [0.1, 0.15) is 18.1 Å². The van der Waals surface area contributed by atoms with Gasteiger partial charge in [0.25, 0.3) is 0 Å². The summed E-state index contributed by atoms with van der Waals surface area (Å²) in [4.78, 5) is 14.4. The van der Waals surface area contributed by atoms with Crippen LogP contribution in [0.15, 0.2) is 46.9 Å². The van der Waals surface area contributed by atoms with Gasteiger partial charge in [0.05, 0.1) is 24.8 Å². The smallest absolute Gasteiger partial charge is 0.241 e. The van der Waals surface area contributed by atoms with Crippen molar-refractivity contribution < 1.29 is 9.53 Å². The normalized spacial score (nSPS) is 11.7. The summed E-state index contributed by atoms with van der Waals surface area (Å²) in [5.41, 5.74) is 2.12. The summed E-state index contributed by atoms with van der Waals surface area (Å²) in [5, 5.41) is 11.8. The van der Waals surface area contributed by atoms with Gasteiger partial charge in [-0.15, -0.1) is 0 Å². The van der Waals surface area contributed by atoms with Crippen molar-refractivity contribution in [1.29, 1.82) is 5.26 Å². The fourth-order valence-electron chi connectivity index (χ4n) is 2.39. The zero-order valence-electron chi connectivity index (χ0n) is 14.4. The van der Waals surface area contributed by atoms with Crippen molar-refractivity contribution >= 4 is 27.5 Å². The van der Waals surface area contributed by atoms with Gasteiger partial charge in [-0.1, -0.05) is 22.0 Å². The lowest BCUT2D eigenvalue weighted by Gasteiger charge is -2.25. The molecular formula is C19H20BrN3O2. The molecule has 25 heavy (non-hydrogen) atoms. The molecule has 0 aliphatic carbocycles. The number of rotatable bonds is 6. The standard InChI is InChI=1S/C19H20BrN3O2/c1-13(19(24)22-17-6-4-5-14(9-17)11-21)23(2)12-15-10-16(20)7-8-18(15)25-3/h4-10,13H,12H2,1-3H3,(H,22,24). The predicted molar refractivity (Wildman–Crippen MR) is 101 cm³/mol. The number of ether oxygens (including phenoxy) is 1. The van der Waals surface area contributed by atoms with E-state index in [9.17, 15) is 4.79 Å². The number of nitriles is 1. The number of anilines is 1. The number of carbonyl (C=O) groups excluding carboxylic acids is 1. The molecule has 0 fully saturated rings. The van der Waals surface area contributed by atoms with E-state index < -0.39 is 0 Å². The molecule has 130 valence electrons. The minimum atomic E-state index is -0.352. The third-order valence-electron chi connectivity index (χ3n) is 3.96. The second-order valence-corrected chi connectivity index (χ2v) is 6.64. The van der Waals surface area contributed by atoms with Gasteiger partial charge in [0.1, 0.15) is 5.75 Å². The Morgan fingerprint density at radius 3 is 2.80 bits per heavy atom. The first-order valence-corrected chi connectivity index (χ1v) is 8.57. The summed E-state index contributed by atoms with van der Waals surface area (Å²) in [6, 6.07) is 14.4. The minimum Gasteiger partial charge on any atom is -0.496 e. The van der Waals surface area contributed by atoms with Crippen molar-refractivity contribution in [3.63, 3.8) is 0 Å². The summed E-state index contributed by atoms with van der Waals surface area (Å²) in [5.74, 6) is 0.649. The molecule has 2 aromatic carbocycles. The summed E-state index contributed by atoms with van der Waals surface area (Å²) >= 11 is 3.46. The Bertz CT molecular complexity index is 801. The Hall–Kier alpha value is -2.36. The number of nitrogens with zero attached hydrogens (tertiary/aromatic N) is 2. The van der Waals surface area contributed by atoms with Gasteiger partial charge >= 0.3 is 0 Å². The molecule has 6 heteroatoms. The first kappa shape index (κ1) is 19.0. The van der Waals surface area contributed by atoms with E-state index >= 15 is 0 Å². The van der Waals surface area contributed by atoms with Gasteiger partial charge in [-0.05, 0) is 50.4 Å². The Kier molecular flexibility index (Phi) is 6.57. The number of benzene rings is 2. The van der Waals surface area contributed by atoms with Gasteiger partial charge in [-0.25, -0.2) is 0 Å². The van der Waals surface area contributed by atoms with Crippen LogP contribution in [0.4, 0.5) is 5.69 Å². The van der Waals surface area contributed by atoms with Crippen LogP contribution in [0, 0.1) is 11.3 Å². The molecule has 0 bridgehead atoms. The van der Waals surface area contributed by atoms with E-state index in [-0.39, 0.29) is 11.9 Å². The summed E-state index contributed by atoms with van der Waals surface area (Å²) in [7, 11) is 3.52. The van der Waals surface area contributed by atoms with E-state index in [1.54, 1.807) is 31.4 Å². The Morgan fingerprint density at radius 2 is 2.12 bits per heavy atom. The zero-order valence-corrected chi connectivity index (χ0v) is 16.0. The summed E-state index contributed by atoms with van der Waals surface area (Å²) in [6.07, 6.45) is 0. The molecule has 0 aromatic heterocycles. The highest BCUT2D eigenvalue weighted by atomic mass is 79.9. The number of methoxy groups -OCH3 is 1. The Morgan fingerprint density at radius 1 is 1.36 bits per heavy atom. The van der Waals surface area contributed by atoms with Crippen LogP contribution in [0.3, 0.4) is 0 Å². The molecule has 0 saturated heterocycles. The summed E-state index contributed by atoms with van der Waals surface area (Å²) < 4.78 is 6.34. The average molecular weight is 402 g/mol. The quantitative estimate of drug-likeness (QED) is 0.799. The summed E-state index contributed by atoms with van der Waals surface area (Å²) in [6.45, 7) is 2.41. The van der Waals surface area contributed by atoms with Gasteiger partial charge in [-0.2, -0.15) is 5.26 Å².